The predicted molar refractivity (Wildman–Crippen MR) is 57.0 cm³/mol. The van der Waals surface area contributed by atoms with Crippen LogP contribution in [0, 0.1) is 0 Å². The molecule has 1 rings (SSSR count). The molecule has 0 aromatic heterocycles. The van der Waals surface area contributed by atoms with Crippen LogP contribution in [0.25, 0.3) is 10.4 Å². The van der Waals surface area contributed by atoms with Crippen LogP contribution in [0.5, 0.6) is 0 Å². The Morgan fingerprint density at radius 3 is 3.00 bits per heavy atom. The molecule has 1 heterocycles. The lowest BCUT2D eigenvalue weighted by Gasteiger charge is -2.37. The summed E-state index contributed by atoms with van der Waals surface area (Å²) in [5.41, 5.74) is 8.13. The number of azide groups is 1. The van der Waals surface area contributed by atoms with Crippen LogP contribution < -0.4 is 0 Å². The lowest BCUT2D eigenvalue weighted by Crippen LogP contribution is -2.43. The molecule has 0 spiro atoms. The fourth-order valence-electron chi connectivity index (χ4n) is 1.54. The van der Waals surface area contributed by atoms with Gasteiger partial charge in [0, 0.05) is 41.6 Å². The first-order chi connectivity index (χ1) is 6.14. The van der Waals surface area contributed by atoms with E-state index in [9.17, 15) is 0 Å². The zero-order valence-electron chi connectivity index (χ0n) is 8.23. The summed E-state index contributed by atoms with van der Waals surface area (Å²) in [5, 5.41) is 3.55. The van der Waals surface area contributed by atoms with Crippen LogP contribution in [-0.2, 0) is 0 Å². The standard InChI is InChI=1S/C8H16N4S/c1-8(2)7-12(5-6-13-8)4-3-10-11-9/h3-7H2,1-2H3. The molecule has 0 unspecified atom stereocenters. The van der Waals surface area contributed by atoms with E-state index in [0.717, 1.165) is 19.6 Å². The molecule has 0 amide bonds. The van der Waals surface area contributed by atoms with Gasteiger partial charge >= 0.3 is 0 Å². The molecule has 0 bridgehead atoms. The van der Waals surface area contributed by atoms with E-state index < -0.39 is 0 Å². The van der Waals surface area contributed by atoms with Gasteiger partial charge in [-0.15, -0.1) is 0 Å². The minimum absolute atomic E-state index is 0.356. The summed E-state index contributed by atoms with van der Waals surface area (Å²) >= 11 is 2.02. The van der Waals surface area contributed by atoms with Crippen LogP contribution in [0.1, 0.15) is 13.8 Å². The molecule has 4 nitrogen and oxygen atoms in total. The van der Waals surface area contributed by atoms with Crippen LogP contribution in [0.4, 0.5) is 0 Å². The second-order valence-electron chi connectivity index (χ2n) is 3.84. The van der Waals surface area contributed by atoms with Gasteiger partial charge in [0.25, 0.3) is 0 Å². The van der Waals surface area contributed by atoms with E-state index in [1.54, 1.807) is 0 Å². The lowest BCUT2D eigenvalue weighted by molar-refractivity contribution is 0.267. The van der Waals surface area contributed by atoms with Crippen molar-refractivity contribution in [1.82, 2.24) is 4.90 Å². The largest absolute Gasteiger partial charge is 0.301 e. The van der Waals surface area contributed by atoms with Crippen LogP contribution in [0.15, 0.2) is 5.11 Å². The van der Waals surface area contributed by atoms with Crippen molar-refractivity contribution in [2.24, 2.45) is 5.11 Å². The lowest BCUT2D eigenvalue weighted by atomic mass is 10.2. The highest BCUT2D eigenvalue weighted by Gasteiger charge is 2.26. The van der Waals surface area contributed by atoms with Gasteiger partial charge in [-0.05, 0) is 19.4 Å². The number of nitrogens with zero attached hydrogens (tertiary/aromatic N) is 4. The van der Waals surface area contributed by atoms with E-state index in [0.29, 0.717) is 11.3 Å². The van der Waals surface area contributed by atoms with Gasteiger partial charge in [-0.3, -0.25) is 0 Å². The molecule has 0 radical (unpaired) electrons. The Hall–Kier alpha value is -0.380. The average molecular weight is 200 g/mol. The highest BCUT2D eigenvalue weighted by molar-refractivity contribution is 8.00. The number of thioether (sulfide) groups is 1. The van der Waals surface area contributed by atoms with Gasteiger partial charge in [0.15, 0.2) is 0 Å². The van der Waals surface area contributed by atoms with Gasteiger partial charge in [0.2, 0.25) is 0 Å². The molecule has 1 aliphatic heterocycles. The summed E-state index contributed by atoms with van der Waals surface area (Å²) in [6.07, 6.45) is 0. The zero-order valence-corrected chi connectivity index (χ0v) is 9.05. The van der Waals surface area contributed by atoms with Crippen molar-refractivity contribution in [3.8, 4) is 0 Å². The first-order valence-corrected chi connectivity index (χ1v) is 5.50. The Morgan fingerprint density at radius 2 is 2.38 bits per heavy atom. The second kappa shape index (κ2) is 4.74. The molecular formula is C8H16N4S. The summed E-state index contributed by atoms with van der Waals surface area (Å²) in [6, 6.07) is 0. The molecule has 0 aliphatic carbocycles. The van der Waals surface area contributed by atoms with E-state index >= 15 is 0 Å². The SMILES string of the molecule is CC1(C)CN(CCN=[N+]=[N-])CCS1. The maximum absolute atomic E-state index is 8.13. The van der Waals surface area contributed by atoms with Crippen molar-refractivity contribution in [2.45, 2.75) is 18.6 Å². The van der Waals surface area contributed by atoms with Gasteiger partial charge < -0.3 is 4.90 Å². The molecule has 0 aromatic rings. The molecule has 0 atom stereocenters. The van der Waals surface area contributed by atoms with E-state index in [4.69, 9.17) is 5.53 Å². The normalized spacial score (nSPS) is 22.3. The average Bonchev–Trinajstić information content (AvgIpc) is 2.03. The van der Waals surface area contributed by atoms with Crippen molar-refractivity contribution in [1.29, 1.82) is 0 Å². The van der Waals surface area contributed by atoms with Crippen molar-refractivity contribution in [3.63, 3.8) is 0 Å². The highest BCUT2D eigenvalue weighted by atomic mass is 32.2. The Kier molecular flexibility index (Phi) is 3.90. The first-order valence-electron chi connectivity index (χ1n) is 4.51. The summed E-state index contributed by atoms with van der Waals surface area (Å²) in [5.74, 6) is 1.18. The summed E-state index contributed by atoms with van der Waals surface area (Å²) in [7, 11) is 0. The number of rotatable bonds is 3. The van der Waals surface area contributed by atoms with Crippen molar-refractivity contribution >= 4 is 11.8 Å². The third-order valence-electron chi connectivity index (χ3n) is 2.08. The van der Waals surface area contributed by atoms with E-state index in [1.807, 2.05) is 11.8 Å². The summed E-state index contributed by atoms with van der Waals surface area (Å²) < 4.78 is 0.356. The van der Waals surface area contributed by atoms with Crippen molar-refractivity contribution in [2.75, 3.05) is 31.9 Å². The molecule has 1 saturated heterocycles. The Labute approximate surface area is 83.3 Å². The third-order valence-corrected chi connectivity index (χ3v) is 3.38. The Morgan fingerprint density at radius 1 is 1.62 bits per heavy atom. The van der Waals surface area contributed by atoms with Crippen LogP contribution >= 0.6 is 11.8 Å². The highest BCUT2D eigenvalue weighted by Crippen LogP contribution is 2.29. The molecule has 0 saturated carbocycles. The van der Waals surface area contributed by atoms with Crippen molar-refractivity contribution < 1.29 is 0 Å². The smallest absolute Gasteiger partial charge is 0.0385 e. The molecule has 74 valence electrons. The maximum Gasteiger partial charge on any atom is 0.0385 e. The van der Waals surface area contributed by atoms with E-state index in [2.05, 4.69) is 28.8 Å². The van der Waals surface area contributed by atoms with Crippen molar-refractivity contribution in [3.05, 3.63) is 10.4 Å². The van der Waals surface area contributed by atoms with E-state index in [1.165, 1.54) is 5.75 Å². The van der Waals surface area contributed by atoms with E-state index in [-0.39, 0.29) is 0 Å². The summed E-state index contributed by atoms with van der Waals surface area (Å²) in [6.45, 7) is 8.23. The van der Waals surface area contributed by atoms with Gasteiger partial charge in [-0.25, -0.2) is 0 Å². The van der Waals surface area contributed by atoms with Gasteiger partial charge in [-0.2, -0.15) is 11.8 Å². The fourth-order valence-corrected chi connectivity index (χ4v) is 2.71. The molecule has 13 heavy (non-hydrogen) atoms. The van der Waals surface area contributed by atoms with Crippen LogP contribution in [-0.4, -0.2) is 41.6 Å². The molecule has 1 aliphatic rings. The Balaban J connectivity index is 2.30. The molecule has 0 aromatic carbocycles. The predicted octanol–water partition coefficient (Wildman–Crippen LogP) is 2.12. The molecule has 5 heteroatoms. The van der Waals surface area contributed by atoms with Gasteiger partial charge in [0.05, 0.1) is 0 Å². The number of hydrogen-bond donors (Lipinski definition) is 0. The first kappa shape index (κ1) is 10.7. The minimum atomic E-state index is 0.356. The molecule has 1 fully saturated rings. The van der Waals surface area contributed by atoms with Gasteiger partial charge in [0.1, 0.15) is 0 Å². The van der Waals surface area contributed by atoms with Crippen LogP contribution in [0.2, 0.25) is 0 Å². The van der Waals surface area contributed by atoms with Crippen LogP contribution in [0.3, 0.4) is 0 Å². The molecule has 0 N–H and O–H groups in total. The quantitative estimate of drug-likeness (QED) is 0.398. The minimum Gasteiger partial charge on any atom is -0.301 e. The van der Waals surface area contributed by atoms with Gasteiger partial charge in [-0.1, -0.05) is 5.11 Å². The fraction of sp³-hybridized carbons (Fsp3) is 1.00. The monoisotopic (exact) mass is 200 g/mol. The third kappa shape index (κ3) is 3.89. The maximum atomic E-state index is 8.13. The Bertz CT molecular complexity index is 210. The second-order valence-corrected chi connectivity index (χ2v) is 5.64. The molecular weight excluding hydrogens is 184 g/mol. The zero-order chi connectivity index (χ0) is 9.73. The summed E-state index contributed by atoms with van der Waals surface area (Å²) in [4.78, 5) is 5.12. The topological polar surface area (TPSA) is 52.0 Å². The number of hydrogen-bond acceptors (Lipinski definition) is 3.